The van der Waals surface area contributed by atoms with E-state index in [1.165, 1.54) is 6.08 Å². The Morgan fingerprint density at radius 3 is 3.05 bits per heavy atom. The van der Waals surface area contributed by atoms with Gasteiger partial charge >= 0.3 is 0 Å². The third kappa shape index (κ3) is 4.64. The molecule has 0 saturated heterocycles. The number of nitrogens with zero attached hydrogens (tertiary/aromatic N) is 2. The molecule has 0 aliphatic rings. The molecule has 0 fully saturated rings. The molecule has 0 spiro atoms. The summed E-state index contributed by atoms with van der Waals surface area (Å²) in [6.07, 6.45) is 5.21. The molecule has 0 radical (unpaired) electrons. The van der Waals surface area contributed by atoms with Gasteiger partial charge in [0.05, 0.1) is 22.5 Å². The number of aromatic nitrogens is 2. The van der Waals surface area contributed by atoms with Crippen LogP contribution in [0.2, 0.25) is 0 Å². The number of allylic oxidation sites excluding steroid dienone is 1. The van der Waals surface area contributed by atoms with Gasteiger partial charge in [0.1, 0.15) is 12.4 Å². The maximum atomic E-state index is 10.4. The third-order valence-electron chi connectivity index (χ3n) is 2.77. The van der Waals surface area contributed by atoms with Crippen molar-refractivity contribution in [3.63, 3.8) is 0 Å². The molecule has 2 aromatic rings. The number of thiophene rings is 1. The number of nitrogens with one attached hydrogen (secondary N) is 2. The van der Waals surface area contributed by atoms with Crippen LogP contribution in [-0.4, -0.2) is 54.1 Å². The standard InChI is InChI=1S/C15H18N4O2S/c1-19(2)7-8-21-15-6-4-13(22-15)12-9-17-14(18-12)5-3-11(16)10-20/h3-6,9-10,16H,7-8H2,1-2H3,(H,17,18)/b5-3-,16-11?. The fraction of sp³-hybridized carbons (Fsp3) is 0.267. The first-order valence-corrected chi connectivity index (χ1v) is 7.54. The highest BCUT2D eigenvalue weighted by Crippen LogP contribution is 2.31. The van der Waals surface area contributed by atoms with Gasteiger partial charge in [-0.25, -0.2) is 4.98 Å². The topological polar surface area (TPSA) is 82.1 Å². The van der Waals surface area contributed by atoms with Crippen molar-refractivity contribution in [2.45, 2.75) is 0 Å². The summed E-state index contributed by atoms with van der Waals surface area (Å²) in [7, 11) is 4.01. The van der Waals surface area contributed by atoms with E-state index in [0.717, 1.165) is 22.2 Å². The van der Waals surface area contributed by atoms with E-state index in [1.807, 2.05) is 26.2 Å². The minimum atomic E-state index is -0.0920. The Hall–Kier alpha value is -2.25. The van der Waals surface area contributed by atoms with Crippen molar-refractivity contribution < 1.29 is 9.53 Å². The molecule has 0 aliphatic heterocycles. The number of hydrogen-bond donors (Lipinski definition) is 2. The second-order valence-electron chi connectivity index (χ2n) is 4.86. The van der Waals surface area contributed by atoms with Gasteiger partial charge in [0.25, 0.3) is 0 Å². The number of hydrogen-bond acceptors (Lipinski definition) is 6. The smallest absolute Gasteiger partial charge is 0.174 e. The molecule has 0 unspecified atom stereocenters. The SMILES string of the molecule is CN(C)CCOc1ccc(-c2cnc(/C=C\C(=N)C=O)[nH]2)s1. The lowest BCUT2D eigenvalue weighted by Gasteiger charge is -2.09. The zero-order valence-corrected chi connectivity index (χ0v) is 13.3. The van der Waals surface area contributed by atoms with Crippen molar-refractivity contribution in [1.29, 1.82) is 5.41 Å². The number of rotatable bonds is 8. The van der Waals surface area contributed by atoms with Crippen LogP contribution in [0, 0.1) is 5.41 Å². The highest BCUT2D eigenvalue weighted by atomic mass is 32.1. The summed E-state index contributed by atoms with van der Waals surface area (Å²) in [6, 6.07) is 3.91. The molecule has 2 aromatic heterocycles. The second kappa shape index (κ2) is 7.67. The fourth-order valence-corrected chi connectivity index (χ4v) is 2.47. The molecular weight excluding hydrogens is 300 g/mol. The zero-order valence-electron chi connectivity index (χ0n) is 12.5. The van der Waals surface area contributed by atoms with E-state index in [9.17, 15) is 4.79 Å². The molecule has 7 heteroatoms. The normalized spacial score (nSPS) is 11.2. The monoisotopic (exact) mass is 318 g/mol. The van der Waals surface area contributed by atoms with Crippen LogP contribution < -0.4 is 4.74 Å². The van der Waals surface area contributed by atoms with Crippen LogP contribution in [0.25, 0.3) is 16.6 Å². The van der Waals surface area contributed by atoms with Crippen molar-refractivity contribution >= 4 is 29.4 Å². The van der Waals surface area contributed by atoms with E-state index in [0.29, 0.717) is 18.7 Å². The number of carbonyl (C=O) groups is 1. The molecule has 0 saturated carbocycles. The molecule has 0 aromatic carbocycles. The number of likely N-dealkylation sites (N-methyl/N-ethyl adjacent to an activating group) is 1. The van der Waals surface area contributed by atoms with Crippen LogP contribution in [0.15, 0.2) is 24.4 Å². The average Bonchev–Trinajstić information content (AvgIpc) is 3.13. The van der Waals surface area contributed by atoms with Crippen molar-refractivity contribution in [2.75, 3.05) is 27.2 Å². The van der Waals surface area contributed by atoms with Crippen LogP contribution >= 0.6 is 11.3 Å². The molecule has 0 amide bonds. The second-order valence-corrected chi connectivity index (χ2v) is 5.91. The van der Waals surface area contributed by atoms with E-state index < -0.39 is 0 Å². The quantitative estimate of drug-likeness (QED) is 0.578. The van der Waals surface area contributed by atoms with E-state index in [-0.39, 0.29) is 5.71 Å². The molecule has 2 heterocycles. The first-order valence-electron chi connectivity index (χ1n) is 6.73. The number of H-pyrrole nitrogens is 1. The molecule has 2 rings (SSSR count). The largest absolute Gasteiger partial charge is 0.483 e. The van der Waals surface area contributed by atoms with Gasteiger partial charge in [0, 0.05) is 6.54 Å². The summed E-state index contributed by atoms with van der Waals surface area (Å²) in [5, 5.41) is 8.11. The Morgan fingerprint density at radius 1 is 1.50 bits per heavy atom. The zero-order chi connectivity index (χ0) is 15.9. The van der Waals surface area contributed by atoms with Crippen molar-refractivity contribution in [2.24, 2.45) is 0 Å². The number of aromatic amines is 1. The first-order chi connectivity index (χ1) is 10.6. The van der Waals surface area contributed by atoms with Crippen LogP contribution in [0.5, 0.6) is 5.06 Å². The van der Waals surface area contributed by atoms with Crippen molar-refractivity contribution in [3.8, 4) is 15.6 Å². The fourth-order valence-electron chi connectivity index (χ4n) is 1.63. The summed E-state index contributed by atoms with van der Waals surface area (Å²) in [6.45, 7) is 1.52. The van der Waals surface area contributed by atoms with E-state index >= 15 is 0 Å². The van der Waals surface area contributed by atoms with E-state index in [2.05, 4.69) is 14.9 Å². The highest BCUT2D eigenvalue weighted by Gasteiger charge is 2.06. The van der Waals surface area contributed by atoms with Crippen molar-refractivity contribution in [3.05, 3.63) is 30.2 Å². The summed E-state index contributed by atoms with van der Waals surface area (Å²) in [4.78, 5) is 20.8. The van der Waals surface area contributed by atoms with E-state index in [1.54, 1.807) is 23.6 Å². The van der Waals surface area contributed by atoms with Gasteiger partial charge < -0.3 is 14.6 Å². The lowest BCUT2D eigenvalue weighted by molar-refractivity contribution is -0.102. The minimum absolute atomic E-state index is 0.0920. The molecule has 116 valence electrons. The van der Waals surface area contributed by atoms with Gasteiger partial charge in [-0.05, 0) is 38.4 Å². The summed E-state index contributed by atoms with van der Waals surface area (Å²) in [5.41, 5.74) is 0.787. The highest BCUT2D eigenvalue weighted by molar-refractivity contribution is 7.17. The number of aldehydes is 1. The Morgan fingerprint density at radius 2 is 2.32 bits per heavy atom. The van der Waals surface area contributed by atoms with E-state index in [4.69, 9.17) is 10.1 Å². The predicted octanol–water partition coefficient (Wildman–Crippen LogP) is 2.31. The Labute approximate surface area is 133 Å². The first kappa shape index (κ1) is 16.1. The predicted molar refractivity (Wildman–Crippen MR) is 88.8 cm³/mol. The van der Waals surface area contributed by atoms with Gasteiger partial charge in [-0.1, -0.05) is 11.3 Å². The van der Waals surface area contributed by atoms with Crippen LogP contribution in [0.3, 0.4) is 0 Å². The summed E-state index contributed by atoms with van der Waals surface area (Å²) < 4.78 is 5.68. The van der Waals surface area contributed by atoms with Gasteiger partial charge in [-0.2, -0.15) is 0 Å². The lowest BCUT2D eigenvalue weighted by atomic mass is 10.3. The van der Waals surface area contributed by atoms with Gasteiger partial charge in [-0.15, -0.1) is 0 Å². The summed E-state index contributed by atoms with van der Waals surface area (Å²) in [5.74, 6) is 0.602. The molecule has 0 aliphatic carbocycles. The average molecular weight is 318 g/mol. The molecule has 22 heavy (non-hydrogen) atoms. The minimum Gasteiger partial charge on any atom is -0.483 e. The number of carbonyl (C=O) groups excluding carboxylic acids is 1. The van der Waals surface area contributed by atoms with Crippen LogP contribution in [0.1, 0.15) is 5.82 Å². The molecule has 6 nitrogen and oxygen atoms in total. The Kier molecular flexibility index (Phi) is 5.62. The number of ether oxygens (including phenoxy) is 1. The Bertz CT molecular complexity index is 673. The van der Waals surface area contributed by atoms with Gasteiger partial charge in [0.2, 0.25) is 0 Å². The van der Waals surface area contributed by atoms with Crippen molar-refractivity contribution in [1.82, 2.24) is 14.9 Å². The Balaban J connectivity index is 1.99. The molecule has 0 bridgehead atoms. The molecular formula is C15H18N4O2S. The number of imidazole rings is 1. The molecule has 2 N–H and O–H groups in total. The van der Waals surface area contributed by atoms with Crippen LogP contribution in [-0.2, 0) is 4.79 Å². The molecule has 0 atom stereocenters. The van der Waals surface area contributed by atoms with Gasteiger partial charge in [0.15, 0.2) is 11.3 Å². The third-order valence-corrected chi connectivity index (χ3v) is 3.80. The lowest BCUT2D eigenvalue weighted by Crippen LogP contribution is -2.19. The summed E-state index contributed by atoms with van der Waals surface area (Å²) >= 11 is 1.55. The maximum absolute atomic E-state index is 10.4. The maximum Gasteiger partial charge on any atom is 0.174 e. The van der Waals surface area contributed by atoms with Gasteiger partial charge in [-0.3, -0.25) is 10.2 Å². The van der Waals surface area contributed by atoms with Crippen LogP contribution in [0.4, 0.5) is 0 Å².